The van der Waals surface area contributed by atoms with E-state index in [4.69, 9.17) is 4.74 Å². The summed E-state index contributed by atoms with van der Waals surface area (Å²) >= 11 is 0. The third-order valence-corrected chi connectivity index (χ3v) is 1.82. The van der Waals surface area contributed by atoms with Crippen molar-refractivity contribution in [3.63, 3.8) is 0 Å². The van der Waals surface area contributed by atoms with Crippen molar-refractivity contribution >= 4 is 11.7 Å². The molecule has 0 aliphatic heterocycles. The van der Waals surface area contributed by atoms with Crippen LogP contribution in [0.15, 0.2) is 12.4 Å². The summed E-state index contributed by atoms with van der Waals surface area (Å²) in [6, 6.07) is 0. The third-order valence-electron chi connectivity index (χ3n) is 1.82. The molecule has 1 aromatic heterocycles. The smallest absolute Gasteiger partial charge is 0.271 e. The summed E-state index contributed by atoms with van der Waals surface area (Å²) in [6.07, 6.45) is 3.01. The maximum Gasteiger partial charge on any atom is 0.271 e. The minimum Gasteiger partial charge on any atom is -0.383 e. The van der Waals surface area contributed by atoms with E-state index in [9.17, 15) is 4.79 Å². The number of nitrogens with one attached hydrogen (secondary N) is 2. The molecule has 6 nitrogen and oxygen atoms in total. The van der Waals surface area contributed by atoms with Crippen molar-refractivity contribution in [1.29, 1.82) is 0 Å². The summed E-state index contributed by atoms with van der Waals surface area (Å²) in [5.74, 6) is 0.353. The molecule has 0 saturated heterocycles. The van der Waals surface area contributed by atoms with Crippen LogP contribution in [-0.4, -0.2) is 42.7 Å². The number of nitrogens with zero attached hydrogens (tertiary/aromatic N) is 2. The Morgan fingerprint density at radius 2 is 2.31 bits per heavy atom. The van der Waals surface area contributed by atoms with Gasteiger partial charge in [0.05, 0.1) is 19.0 Å². The number of carbonyl (C=O) groups excluding carboxylic acids is 1. The summed E-state index contributed by atoms with van der Waals surface area (Å²) in [5.41, 5.74) is 0.301. The molecule has 1 amide bonds. The summed E-state index contributed by atoms with van der Waals surface area (Å²) in [6.45, 7) is 3.63. The second kappa shape index (κ2) is 6.73. The van der Waals surface area contributed by atoms with Gasteiger partial charge in [0.15, 0.2) is 0 Å². The first-order valence-electron chi connectivity index (χ1n) is 5.11. The molecule has 0 aliphatic carbocycles. The zero-order valence-electron chi connectivity index (χ0n) is 9.49. The molecule has 88 valence electrons. The standard InChI is InChI=1S/C10H16N4O2/c1-3-12-9-7-11-6-8(14-9)10(15)13-4-5-16-2/h6-7H,3-5H2,1-2H3,(H,12,14)(H,13,15). The average molecular weight is 224 g/mol. The van der Waals surface area contributed by atoms with Crippen LogP contribution in [-0.2, 0) is 4.74 Å². The fourth-order valence-electron chi connectivity index (χ4n) is 1.10. The van der Waals surface area contributed by atoms with Gasteiger partial charge in [0.25, 0.3) is 5.91 Å². The fraction of sp³-hybridized carbons (Fsp3) is 0.500. The van der Waals surface area contributed by atoms with Crippen LogP contribution in [0.5, 0.6) is 0 Å². The number of carbonyl (C=O) groups is 1. The number of methoxy groups -OCH3 is 1. The average Bonchev–Trinajstić information content (AvgIpc) is 2.30. The molecule has 0 fully saturated rings. The number of aromatic nitrogens is 2. The highest BCUT2D eigenvalue weighted by atomic mass is 16.5. The van der Waals surface area contributed by atoms with Crippen LogP contribution in [0.1, 0.15) is 17.4 Å². The molecule has 6 heteroatoms. The lowest BCUT2D eigenvalue weighted by Crippen LogP contribution is -2.28. The Hall–Kier alpha value is -1.69. The Balaban J connectivity index is 2.57. The van der Waals surface area contributed by atoms with Crippen LogP contribution in [0.2, 0.25) is 0 Å². The van der Waals surface area contributed by atoms with Gasteiger partial charge in [-0.1, -0.05) is 0 Å². The Morgan fingerprint density at radius 1 is 1.50 bits per heavy atom. The van der Waals surface area contributed by atoms with Crippen LogP contribution < -0.4 is 10.6 Å². The van der Waals surface area contributed by atoms with Gasteiger partial charge in [0, 0.05) is 20.2 Å². The van der Waals surface area contributed by atoms with E-state index in [1.165, 1.54) is 6.20 Å². The van der Waals surface area contributed by atoms with Crippen molar-refractivity contribution in [3.8, 4) is 0 Å². The molecule has 1 rings (SSSR count). The summed E-state index contributed by atoms with van der Waals surface area (Å²) in [4.78, 5) is 19.6. The quantitative estimate of drug-likeness (QED) is 0.679. The van der Waals surface area contributed by atoms with E-state index in [-0.39, 0.29) is 5.91 Å². The molecule has 0 radical (unpaired) electrons. The SMILES string of the molecule is CCNc1cncc(C(=O)NCCOC)n1. The zero-order chi connectivity index (χ0) is 11.8. The molecule has 0 spiro atoms. The molecule has 0 aromatic carbocycles. The molecule has 2 N–H and O–H groups in total. The zero-order valence-corrected chi connectivity index (χ0v) is 9.49. The third kappa shape index (κ3) is 3.82. The van der Waals surface area contributed by atoms with E-state index < -0.39 is 0 Å². The van der Waals surface area contributed by atoms with Crippen molar-refractivity contribution in [2.24, 2.45) is 0 Å². The lowest BCUT2D eigenvalue weighted by Gasteiger charge is -2.05. The van der Waals surface area contributed by atoms with Crippen molar-refractivity contribution in [2.45, 2.75) is 6.92 Å². The molecule has 0 aliphatic rings. The Morgan fingerprint density at radius 3 is 3.00 bits per heavy atom. The summed E-state index contributed by atoms with van der Waals surface area (Å²) < 4.78 is 4.83. The number of rotatable bonds is 6. The van der Waals surface area contributed by atoms with Gasteiger partial charge in [-0.05, 0) is 6.92 Å². The molecule has 16 heavy (non-hydrogen) atoms. The van der Waals surface area contributed by atoms with E-state index in [0.717, 1.165) is 6.54 Å². The van der Waals surface area contributed by atoms with Crippen LogP contribution in [0.4, 0.5) is 5.82 Å². The van der Waals surface area contributed by atoms with Gasteiger partial charge in [-0.25, -0.2) is 4.98 Å². The predicted molar refractivity (Wildman–Crippen MR) is 60.4 cm³/mol. The second-order valence-corrected chi connectivity index (χ2v) is 3.07. The van der Waals surface area contributed by atoms with E-state index >= 15 is 0 Å². The largest absolute Gasteiger partial charge is 0.383 e. The van der Waals surface area contributed by atoms with Crippen molar-refractivity contribution < 1.29 is 9.53 Å². The summed E-state index contributed by atoms with van der Waals surface area (Å²) in [7, 11) is 1.58. The van der Waals surface area contributed by atoms with Crippen LogP contribution in [0, 0.1) is 0 Å². The first-order valence-corrected chi connectivity index (χ1v) is 5.11. The van der Waals surface area contributed by atoms with Gasteiger partial charge in [-0.15, -0.1) is 0 Å². The molecule has 1 aromatic rings. The topological polar surface area (TPSA) is 76.1 Å². The molecule has 0 saturated carbocycles. The van der Waals surface area contributed by atoms with E-state index in [1.54, 1.807) is 13.3 Å². The second-order valence-electron chi connectivity index (χ2n) is 3.07. The van der Waals surface area contributed by atoms with Gasteiger partial charge in [0.2, 0.25) is 0 Å². The number of hydrogen-bond donors (Lipinski definition) is 2. The number of hydrogen-bond acceptors (Lipinski definition) is 5. The minimum atomic E-state index is -0.246. The van der Waals surface area contributed by atoms with Gasteiger partial charge in [0.1, 0.15) is 11.5 Å². The first kappa shape index (κ1) is 12.4. The number of amides is 1. The Bertz CT molecular complexity index is 343. The van der Waals surface area contributed by atoms with Gasteiger partial charge < -0.3 is 15.4 Å². The van der Waals surface area contributed by atoms with Gasteiger partial charge in [-0.3, -0.25) is 9.78 Å². The Labute approximate surface area is 94.4 Å². The first-order chi connectivity index (χ1) is 7.77. The highest BCUT2D eigenvalue weighted by molar-refractivity contribution is 5.92. The molecule has 0 unspecified atom stereocenters. The lowest BCUT2D eigenvalue weighted by atomic mass is 10.4. The molecule has 0 bridgehead atoms. The molecule has 0 atom stereocenters. The predicted octanol–water partition coefficient (Wildman–Crippen LogP) is 0.285. The van der Waals surface area contributed by atoms with Crippen LogP contribution in [0.3, 0.4) is 0 Å². The summed E-state index contributed by atoms with van der Waals surface area (Å²) in [5, 5.41) is 5.67. The lowest BCUT2D eigenvalue weighted by molar-refractivity contribution is 0.0932. The monoisotopic (exact) mass is 224 g/mol. The molecular formula is C10H16N4O2. The van der Waals surface area contributed by atoms with Gasteiger partial charge in [-0.2, -0.15) is 0 Å². The van der Waals surface area contributed by atoms with Crippen molar-refractivity contribution in [1.82, 2.24) is 15.3 Å². The van der Waals surface area contributed by atoms with E-state index in [0.29, 0.717) is 24.7 Å². The van der Waals surface area contributed by atoms with Crippen LogP contribution >= 0.6 is 0 Å². The minimum absolute atomic E-state index is 0.246. The number of anilines is 1. The number of ether oxygens (including phenoxy) is 1. The molecule has 1 heterocycles. The highest BCUT2D eigenvalue weighted by Crippen LogP contribution is 2.01. The van der Waals surface area contributed by atoms with Crippen molar-refractivity contribution in [2.75, 3.05) is 32.1 Å². The van der Waals surface area contributed by atoms with E-state index in [2.05, 4.69) is 20.6 Å². The van der Waals surface area contributed by atoms with E-state index in [1.807, 2.05) is 6.92 Å². The fourth-order valence-corrected chi connectivity index (χ4v) is 1.10. The van der Waals surface area contributed by atoms with Gasteiger partial charge >= 0.3 is 0 Å². The van der Waals surface area contributed by atoms with Crippen LogP contribution in [0.25, 0.3) is 0 Å². The molecular weight excluding hydrogens is 208 g/mol. The van der Waals surface area contributed by atoms with Crippen molar-refractivity contribution in [3.05, 3.63) is 18.1 Å². The highest BCUT2D eigenvalue weighted by Gasteiger charge is 2.07. The normalized spacial score (nSPS) is 9.88. The Kier molecular flexibility index (Phi) is 5.21. The maximum absolute atomic E-state index is 11.6. The maximum atomic E-state index is 11.6.